The number of ether oxygens (including phenoxy) is 1. The summed E-state index contributed by atoms with van der Waals surface area (Å²) in [7, 11) is 0. The molecule has 0 saturated heterocycles. The molecule has 1 heterocycles. The van der Waals surface area contributed by atoms with Crippen molar-refractivity contribution in [3.63, 3.8) is 0 Å². The van der Waals surface area contributed by atoms with Gasteiger partial charge < -0.3 is 9.64 Å². The highest BCUT2D eigenvalue weighted by Crippen LogP contribution is 2.40. The molecule has 2 nitrogen and oxygen atoms in total. The fraction of sp³-hybridized carbons (Fsp3) is 0.368. The van der Waals surface area contributed by atoms with Crippen molar-refractivity contribution in [2.45, 2.75) is 38.8 Å². The van der Waals surface area contributed by atoms with E-state index in [0.717, 1.165) is 31.7 Å². The van der Waals surface area contributed by atoms with Crippen LogP contribution < -0.4 is 9.64 Å². The monoisotopic (exact) mass is 281 g/mol. The third-order valence-electron chi connectivity index (χ3n) is 4.52. The van der Waals surface area contributed by atoms with E-state index in [1.54, 1.807) is 0 Å². The van der Waals surface area contributed by atoms with Crippen molar-refractivity contribution in [2.24, 2.45) is 0 Å². The molecule has 2 aromatic carbocycles. The average Bonchev–Trinajstić information content (AvgIpc) is 2.55. The Morgan fingerprint density at radius 3 is 2.33 bits per heavy atom. The van der Waals surface area contributed by atoms with Gasteiger partial charge in [-0.25, -0.2) is 0 Å². The van der Waals surface area contributed by atoms with Gasteiger partial charge in [0.05, 0.1) is 12.2 Å². The molecule has 1 aliphatic rings. The number of fused-ring (bicyclic) bond motifs is 1. The number of para-hydroxylation sites is 2. The zero-order valence-electron chi connectivity index (χ0n) is 12.9. The maximum atomic E-state index is 6.34. The minimum absolute atomic E-state index is 0.0663. The highest BCUT2D eigenvalue weighted by atomic mass is 16.5. The third-order valence-corrected chi connectivity index (χ3v) is 4.52. The molecule has 0 atom stereocenters. The largest absolute Gasteiger partial charge is 0.483 e. The quantitative estimate of drug-likeness (QED) is 0.809. The van der Waals surface area contributed by atoms with E-state index in [4.69, 9.17) is 4.74 Å². The van der Waals surface area contributed by atoms with Crippen LogP contribution >= 0.6 is 0 Å². The van der Waals surface area contributed by atoms with Gasteiger partial charge in [-0.1, -0.05) is 56.3 Å². The average molecular weight is 281 g/mol. The molecular weight excluding hydrogens is 258 g/mol. The smallest absolute Gasteiger partial charge is 0.143 e. The van der Waals surface area contributed by atoms with Crippen LogP contribution in [0.3, 0.4) is 0 Å². The first kappa shape index (κ1) is 14.0. The van der Waals surface area contributed by atoms with E-state index < -0.39 is 0 Å². The second kappa shape index (κ2) is 5.80. The second-order valence-electron chi connectivity index (χ2n) is 5.80. The van der Waals surface area contributed by atoms with Gasteiger partial charge in [-0.15, -0.1) is 0 Å². The molecule has 2 aromatic rings. The lowest BCUT2D eigenvalue weighted by Crippen LogP contribution is -2.50. The molecule has 0 amide bonds. The SMILES string of the molecule is CCC1(CC)CN(Cc2ccccc2)c2ccccc2O1. The molecule has 0 saturated carbocycles. The van der Waals surface area contributed by atoms with E-state index in [2.05, 4.69) is 73.3 Å². The zero-order chi connectivity index (χ0) is 14.7. The summed E-state index contributed by atoms with van der Waals surface area (Å²) in [5.41, 5.74) is 2.48. The normalized spacial score (nSPS) is 16.2. The van der Waals surface area contributed by atoms with Crippen LogP contribution in [-0.2, 0) is 6.54 Å². The predicted octanol–water partition coefficient (Wildman–Crippen LogP) is 4.64. The number of nitrogens with zero attached hydrogens (tertiary/aromatic N) is 1. The van der Waals surface area contributed by atoms with Gasteiger partial charge in [0.25, 0.3) is 0 Å². The first-order valence-corrected chi connectivity index (χ1v) is 7.83. The van der Waals surface area contributed by atoms with Crippen LogP contribution in [-0.4, -0.2) is 12.1 Å². The van der Waals surface area contributed by atoms with Crippen LogP contribution in [0.5, 0.6) is 5.75 Å². The van der Waals surface area contributed by atoms with Crippen LogP contribution in [0.4, 0.5) is 5.69 Å². The van der Waals surface area contributed by atoms with Crippen molar-refractivity contribution in [3.8, 4) is 5.75 Å². The van der Waals surface area contributed by atoms with Crippen molar-refractivity contribution >= 4 is 5.69 Å². The van der Waals surface area contributed by atoms with Crippen molar-refractivity contribution in [1.82, 2.24) is 0 Å². The number of anilines is 1. The van der Waals surface area contributed by atoms with Gasteiger partial charge in [0.15, 0.2) is 0 Å². The standard InChI is InChI=1S/C19H23NO/c1-3-19(4-2)15-20(14-16-10-6-5-7-11-16)17-12-8-9-13-18(17)21-19/h5-13H,3-4,14-15H2,1-2H3. The van der Waals surface area contributed by atoms with Gasteiger partial charge >= 0.3 is 0 Å². The Morgan fingerprint density at radius 1 is 0.952 bits per heavy atom. The predicted molar refractivity (Wildman–Crippen MR) is 87.9 cm³/mol. The summed E-state index contributed by atoms with van der Waals surface area (Å²) in [6.45, 7) is 6.32. The van der Waals surface area contributed by atoms with Gasteiger partial charge in [-0.05, 0) is 30.5 Å². The van der Waals surface area contributed by atoms with Crippen molar-refractivity contribution in [3.05, 3.63) is 60.2 Å². The molecule has 0 spiro atoms. The molecule has 0 unspecified atom stereocenters. The van der Waals surface area contributed by atoms with Crippen LogP contribution in [0.25, 0.3) is 0 Å². The number of rotatable bonds is 4. The van der Waals surface area contributed by atoms with Crippen LogP contribution in [0.15, 0.2) is 54.6 Å². The van der Waals surface area contributed by atoms with E-state index in [-0.39, 0.29) is 5.60 Å². The Kier molecular flexibility index (Phi) is 3.87. The van der Waals surface area contributed by atoms with E-state index in [0.29, 0.717) is 0 Å². The summed E-state index contributed by atoms with van der Waals surface area (Å²) in [4.78, 5) is 2.46. The minimum atomic E-state index is -0.0663. The fourth-order valence-electron chi connectivity index (χ4n) is 3.07. The number of hydrogen-bond donors (Lipinski definition) is 0. The van der Waals surface area contributed by atoms with Crippen molar-refractivity contribution in [2.75, 3.05) is 11.4 Å². The Hall–Kier alpha value is -1.96. The highest BCUT2D eigenvalue weighted by molar-refractivity contribution is 5.61. The summed E-state index contributed by atoms with van der Waals surface area (Å²) in [6, 6.07) is 19.1. The highest BCUT2D eigenvalue weighted by Gasteiger charge is 2.36. The van der Waals surface area contributed by atoms with Crippen LogP contribution in [0, 0.1) is 0 Å². The molecule has 3 rings (SSSR count). The summed E-state index contributed by atoms with van der Waals surface area (Å²) >= 11 is 0. The van der Waals surface area contributed by atoms with E-state index in [1.165, 1.54) is 11.3 Å². The molecule has 110 valence electrons. The Labute approximate surface area is 127 Å². The molecule has 0 N–H and O–H groups in total. The van der Waals surface area contributed by atoms with Crippen molar-refractivity contribution in [1.29, 1.82) is 0 Å². The minimum Gasteiger partial charge on any atom is -0.483 e. The number of hydrogen-bond acceptors (Lipinski definition) is 2. The first-order valence-electron chi connectivity index (χ1n) is 7.83. The molecule has 0 fully saturated rings. The lowest BCUT2D eigenvalue weighted by molar-refractivity contribution is 0.0570. The maximum Gasteiger partial charge on any atom is 0.143 e. The fourth-order valence-corrected chi connectivity index (χ4v) is 3.07. The third kappa shape index (κ3) is 2.76. The van der Waals surface area contributed by atoms with Gasteiger partial charge in [0, 0.05) is 6.54 Å². The summed E-state index contributed by atoms with van der Waals surface area (Å²) in [6.07, 6.45) is 2.06. The van der Waals surface area contributed by atoms with Gasteiger partial charge in [-0.2, -0.15) is 0 Å². The zero-order valence-corrected chi connectivity index (χ0v) is 12.9. The van der Waals surface area contributed by atoms with Crippen LogP contribution in [0.2, 0.25) is 0 Å². The Balaban J connectivity index is 1.94. The van der Waals surface area contributed by atoms with Gasteiger partial charge in [0.1, 0.15) is 11.4 Å². The number of benzene rings is 2. The van der Waals surface area contributed by atoms with E-state index in [1.807, 2.05) is 0 Å². The molecule has 0 bridgehead atoms. The second-order valence-corrected chi connectivity index (χ2v) is 5.80. The van der Waals surface area contributed by atoms with Gasteiger partial charge in [-0.3, -0.25) is 0 Å². The molecule has 0 aromatic heterocycles. The molecular formula is C19H23NO. The molecule has 21 heavy (non-hydrogen) atoms. The molecule has 0 aliphatic carbocycles. The molecule has 1 aliphatic heterocycles. The first-order chi connectivity index (χ1) is 10.3. The van der Waals surface area contributed by atoms with E-state index >= 15 is 0 Å². The van der Waals surface area contributed by atoms with E-state index in [9.17, 15) is 0 Å². The Morgan fingerprint density at radius 2 is 1.62 bits per heavy atom. The lowest BCUT2D eigenvalue weighted by Gasteiger charge is -2.44. The molecule has 2 heteroatoms. The Bertz CT molecular complexity index is 590. The summed E-state index contributed by atoms with van der Waals surface area (Å²) in [5.74, 6) is 1.02. The summed E-state index contributed by atoms with van der Waals surface area (Å²) < 4.78 is 6.34. The maximum absolute atomic E-state index is 6.34. The van der Waals surface area contributed by atoms with Crippen LogP contribution in [0.1, 0.15) is 32.3 Å². The van der Waals surface area contributed by atoms with Gasteiger partial charge in [0.2, 0.25) is 0 Å². The lowest BCUT2D eigenvalue weighted by atomic mass is 9.93. The topological polar surface area (TPSA) is 12.5 Å². The summed E-state index contributed by atoms with van der Waals surface area (Å²) in [5, 5.41) is 0. The molecule has 0 radical (unpaired) electrons. The van der Waals surface area contributed by atoms with Crippen molar-refractivity contribution < 1.29 is 4.74 Å².